The van der Waals surface area contributed by atoms with E-state index in [-0.39, 0.29) is 5.92 Å². The zero-order valence-corrected chi connectivity index (χ0v) is 8.92. The number of cyclic esters (lactones) is 2. The third kappa shape index (κ3) is 2.41. The van der Waals surface area contributed by atoms with Crippen molar-refractivity contribution in [1.82, 2.24) is 0 Å². The summed E-state index contributed by atoms with van der Waals surface area (Å²) in [6.07, 6.45) is 4.94. The zero-order chi connectivity index (χ0) is 10.6. The van der Waals surface area contributed by atoms with Gasteiger partial charge < -0.3 is 9.47 Å². The maximum Gasteiger partial charge on any atom is 0.524 e. The van der Waals surface area contributed by atoms with Gasteiger partial charge in [0, 0.05) is 5.92 Å². The van der Waals surface area contributed by atoms with Crippen LogP contribution in [-0.2, 0) is 9.47 Å². The number of hydrogen-bond donors (Lipinski definition) is 0. The van der Waals surface area contributed by atoms with Crippen LogP contribution in [0.25, 0.3) is 0 Å². The molecular weight excluding hydrogens is 180 g/mol. The minimum absolute atomic E-state index is 0.239. The lowest BCUT2D eigenvalue weighted by Crippen LogP contribution is -2.39. The number of unbranched alkanes of at least 4 members (excludes halogenated alkanes) is 1. The van der Waals surface area contributed by atoms with Gasteiger partial charge in [0.25, 0.3) is 0 Å². The molecule has 0 amide bonds. The molecule has 1 aliphatic rings. The van der Waals surface area contributed by atoms with E-state index in [9.17, 15) is 4.79 Å². The van der Waals surface area contributed by atoms with E-state index in [4.69, 9.17) is 4.74 Å². The van der Waals surface area contributed by atoms with Crippen LogP contribution in [-0.4, -0.2) is 11.8 Å². The van der Waals surface area contributed by atoms with Crippen molar-refractivity contribution in [2.24, 2.45) is 5.92 Å². The van der Waals surface area contributed by atoms with Crippen LogP contribution < -0.4 is 0 Å². The second kappa shape index (κ2) is 4.36. The second-order valence-electron chi connectivity index (χ2n) is 3.83. The number of rotatable bonds is 4. The number of carbonyl (C=O) groups excluding carboxylic acids is 1. The molecule has 0 fully saturated rings. The zero-order valence-electron chi connectivity index (χ0n) is 8.92. The molecule has 0 aromatic rings. The third-order valence-electron chi connectivity index (χ3n) is 2.66. The van der Waals surface area contributed by atoms with E-state index >= 15 is 0 Å². The van der Waals surface area contributed by atoms with E-state index in [1.165, 1.54) is 0 Å². The molecule has 3 nitrogen and oxygen atoms in total. The predicted molar refractivity (Wildman–Crippen MR) is 52.4 cm³/mol. The first-order valence-electron chi connectivity index (χ1n) is 5.00. The fourth-order valence-electron chi connectivity index (χ4n) is 1.40. The Balaban J connectivity index is 2.62. The molecule has 2 atom stereocenters. The summed E-state index contributed by atoms with van der Waals surface area (Å²) < 4.78 is 9.50. The minimum Gasteiger partial charge on any atom is -0.413 e. The van der Waals surface area contributed by atoms with Gasteiger partial charge >= 0.3 is 6.16 Å². The van der Waals surface area contributed by atoms with Crippen molar-refractivity contribution < 1.29 is 14.3 Å². The Morgan fingerprint density at radius 1 is 1.57 bits per heavy atom. The third-order valence-corrected chi connectivity index (χ3v) is 2.66. The summed E-state index contributed by atoms with van der Waals surface area (Å²) in [5.41, 5.74) is -0.676. The molecule has 1 rings (SSSR count). The average molecular weight is 196 g/mol. The van der Waals surface area contributed by atoms with Crippen LogP contribution in [0.15, 0.2) is 0 Å². The van der Waals surface area contributed by atoms with E-state index in [2.05, 4.69) is 23.7 Å². The number of carbonyl (C=O) groups is 1. The summed E-state index contributed by atoms with van der Waals surface area (Å²) in [7, 11) is 0. The van der Waals surface area contributed by atoms with Gasteiger partial charge in [-0.15, -0.1) is 0 Å². The van der Waals surface area contributed by atoms with Crippen LogP contribution in [0.1, 0.15) is 40.0 Å². The molecule has 0 aliphatic carbocycles. The standard InChI is InChI=1S/C11H16O3/c1-4-5-6-9(2)11(3)7-8-13-10(12)14-11/h9H,4-6H2,1-3H3. The summed E-state index contributed by atoms with van der Waals surface area (Å²) >= 11 is 0. The molecule has 0 saturated heterocycles. The highest BCUT2D eigenvalue weighted by molar-refractivity contribution is 5.64. The molecule has 1 aliphatic heterocycles. The first-order chi connectivity index (χ1) is 6.58. The van der Waals surface area contributed by atoms with Crippen molar-refractivity contribution in [3.8, 4) is 12.0 Å². The van der Waals surface area contributed by atoms with Crippen molar-refractivity contribution in [2.75, 3.05) is 0 Å². The molecule has 0 bridgehead atoms. The van der Waals surface area contributed by atoms with Crippen molar-refractivity contribution in [1.29, 1.82) is 0 Å². The molecule has 78 valence electrons. The normalized spacial score (nSPS) is 26.9. The van der Waals surface area contributed by atoms with E-state index in [0.717, 1.165) is 19.3 Å². The smallest absolute Gasteiger partial charge is 0.413 e. The molecule has 0 spiro atoms. The number of ether oxygens (including phenoxy) is 2. The molecular formula is C11H16O3. The Kier molecular flexibility index (Phi) is 3.40. The molecule has 0 N–H and O–H groups in total. The molecule has 3 heteroatoms. The Labute approximate surface area is 84.8 Å². The first kappa shape index (κ1) is 10.9. The molecule has 1 heterocycles. The molecule has 0 aromatic carbocycles. The molecule has 0 radical (unpaired) electrons. The highest BCUT2D eigenvalue weighted by Gasteiger charge is 2.36. The first-order valence-corrected chi connectivity index (χ1v) is 5.00. The number of hydrogen-bond acceptors (Lipinski definition) is 3. The largest absolute Gasteiger partial charge is 0.524 e. The molecule has 14 heavy (non-hydrogen) atoms. The van der Waals surface area contributed by atoms with Gasteiger partial charge in [0.15, 0.2) is 5.60 Å². The average Bonchev–Trinajstić information content (AvgIpc) is 2.13. The lowest BCUT2D eigenvalue weighted by molar-refractivity contribution is -0.0148. The monoisotopic (exact) mass is 196 g/mol. The van der Waals surface area contributed by atoms with E-state index in [0.29, 0.717) is 0 Å². The highest BCUT2D eigenvalue weighted by Crippen LogP contribution is 2.27. The van der Waals surface area contributed by atoms with Crippen molar-refractivity contribution in [2.45, 2.75) is 45.6 Å². The maximum absolute atomic E-state index is 10.9. The van der Waals surface area contributed by atoms with Gasteiger partial charge in [-0.2, -0.15) is 0 Å². The van der Waals surface area contributed by atoms with E-state index < -0.39 is 11.8 Å². The van der Waals surface area contributed by atoms with Crippen LogP contribution in [0.4, 0.5) is 4.79 Å². The van der Waals surface area contributed by atoms with Crippen LogP contribution in [0.5, 0.6) is 0 Å². The lowest BCUT2D eigenvalue weighted by atomic mass is 9.87. The second-order valence-corrected chi connectivity index (χ2v) is 3.83. The van der Waals surface area contributed by atoms with E-state index in [1.807, 2.05) is 13.8 Å². The summed E-state index contributed by atoms with van der Waals surface area (Å²) in [5, 5.41) is 0. The van der Waals surface area contributed by atoms with Gasteiger partial charge in [-0.05, 0) is 19.3 Å². The Morgan fingerprint density at radius 2 is 2.29 bits per heavy atom. The summed E-state index contributed by atoms with van der Waals surface area (Å²) in [6, 6.07) is 0. The van der Waals surface area contributed by atoms with Crippen molar-refractivity contribution in [3.05, 3.63) is 0 Å². The molecule has 2 unspecified atom stereocenters. The fraction of sp³-hybridized carbons (Fsp3) is 0.727. The van der Waals surface area contributed by atoms with Gasteiger partial charge in [0.1, 0.15) is 6.11 Å². The van der Waals surface area contributed by atoms with Crippen LogP contribution in [0.2, 0.25) is 0 Å². The molecule has 0 aromatic heterocycles. The van der Waals surface area contributed by atoms with E-state index in [1.54, 1.807) is 0 Å². The fourth-order valence-corrected chi connectivity index (χ4v) is 1.40. The van der Waals surface area contributed by atoms with Gasteiger partial charge in [-0.3, -0.25) is 0 Å². The molecule has 0 saturated carbocycles. The predicted octanol–water partition coefficient (Wildman–Crippen LogP) is 2.70. The quantitative estimate of drug-likeness (QED) is 0.512. The lowest BCUT2D eigenvalue weighted by Gasteiger charge is -2.30. The van der Waals surface area contributed by atoms with Crippen molar-refractivity contribution in [3.63, 3.8) is 0 Å². The van der Waals surface area contributed by atoms with Gasteiger partial charge in [0.05, 0.1) is 0 Å². The topological polar surface area (TPSA) is 35.5 Å². The summed E-state index contributed by atoms with van der Waals surface area (Å²) in [5.74, 6) is 3.06. The van der Waals surface area contributed by atoms with Gasteiger partial charge in [0.2, 0.25) is 0 Å². The van der Waals surface area contributed by atoms with Crippen LogP contribution >= 0.6 is 0 Å². The maximum atomic E-state index is 10.9. The summed E-state index contributed by atoms with van der Waals surface area (Å²) in [4.78, 5) is 10.9. The van der Waals surface area contributed by atoms with Gasteiger partial charge in [-0.1, -0.05) is 26.7 Å². The van der Waals surface area contributed by atoms with Crippen LogP contribution in [0.3, 0.4) is 0 Å². The Bertz CT molecular complexity index is 274. The highest BCUT2D eigenvalue weighted by atomic mass is 16.7. The summed E-state index contributed by atoms with van der Waals surface area (Å²) in [6.45, 7) is 6.01. The van der Waals surface area contributed by atoms with Crippen LogP contribution in [0, 0.1) is 17.9 Å². The Hall–Kier alpha value is -1.17. The van der Waals surface area contributed by atoms with Crippen molar-refractivity contribution >= 4 is 6.16 Å². The Morgan fingerprint density at radius 3 is 2.86 bits per heavy atom. The minimum atomic E-state index is -0.686. The van der Waals surface area contributed by atoms with Gasteiger partial charge in [-0.25, -0.2) is 4.79 Å². The SMILES string of the molecule is CCCCC(C)C1(C)C#COC(=O)O1.